The van der Waals surface area contributed by atoms with Crippen molar-refractivity contribution in [2.45, 2.75) is 6.92 Å². The van der Waals surface area contributed by atoms with Crippen molar-refractivity contribution in [2.75, 3.05) is 5.32 Å². The Kier molecular flexibility index (Phi) is 3.38. The van der Waals surface area contributed by atoms with Crippen LogP contribution in [0.2, 0.25) is 0 Å². The number of aromatic nitrogens is 1. The predicted octanol–water partition coefficient (Wildman–Crippen LogP) is 2.40. The van der Waals surface area contributed by atoms with Gasteiger partial charge in [0.1, 0.15) is 5.69 Å². The van der Waals surface area contributed by atoms with E-state index in [-0.39, 0.29) is 11.3 Å². The minimum absolute atomic E-state index is 0.0681. The molecule has 0 unspecified atom stereocenters. The number of aryl methyl sites for hydroxylation is 1. The number of carboxylic acids is 1. The second kappa shape index (κ2) is 4.97. The molecule has 92 valence electrons. The third kappa shape index (κ3) is 2.38. The molecular formula is C12H10N2O3S. The molecule has 1 amide bonds. The summed E-state index contributed by atoms with van der Waals surface area (Å²) in [5, 5.41) is 13.3. The Morgan fingerprint density at radius 2 is 2.17 bits per heavy atom. The first kappa shape index (κ1) is 12.3. The lowest BCUT2D eigenvalue weighted by molar-refractivity contribution is 0.0698. The molecule has 2 rings (SSSR count). The number of hydrogen-bond acceptors (Lipinski definition) is 4. The molecule has 0 spiro atoms. The second-order valence-electron chi connectivity index (χ2n) is 3.63. The molecule has 0 aliphatic rings. The van der Waals surface area contributed by atoms with Crippen LogP contribution in [0.25, 0.3) is 0 Å². The van der Waals surface area contributed by atoms with Gasteiger partial charge in [0, 0.05) is 5.38 Å². The smallest absolute Gasteiger partial charge is 0.337 e. The molecule has 0 atom stereocenters. The Labute approximate surface area is 107 Å². The SMILES string of the molecule is Cc1cccc(C(=O)O)c1NC(=O)c1cscn1. The van der Waals surface area contributed by atoms with Crippen LogP contribution in [-0.4, -0.2) is 22.0 Å². The van der Waals surface area contributed by atoms with Gasteiger partial charge >= 0.3 is 5.97 Å². The molecule has 0 aliphatic carbocycles. The van der Waals surface area contributed by atoms with Gasteiger partial charge in [-0.15, -0.1) is 11.3 Å². The molecule has 6 heteroatoms. The molecular weight excluding hydrogens is 252 g/mol. The van der Waals surface area contributed by atoms with Gasteiger partial charge in [-0.2, -0.15) is 0 Å². The molecule has 2 N–H and O–H groups in total. The lowest BCUT2D eigenvalue weighted by Gasteiger charge is -2.10. The number of carbonyl (C=O) groups excluding carboxylic acids is 1. The summed E-state index contributed by atoms with van der Waals surface area (Å²) in [7, 11) is 0. The number of nitrogens with zero attached hydrogens (tertiary/aromatic N) is 1. The number of rotatable bonds is 3. The number of hydrogen-bond donors (Lipinski definition) is 2. The number of nitrogens with one attached hydrogen (secondary N) is 1. The summed E-state index contributed by atoms with van der Waals surface area (Å²) >= 11 is 1.30. The summed E-state index contributed by atoms with van der Waals surface area (Å²) in [6.45, 7) is 1.74. The molecule has 1 heterocycles. The van der Waals surface area contributed by atoms with Gasteiger partial charge in [0.15, 0.2) is 0 Å². The molecule has 2 aromatic rings. The van der Waals surface area contributed by atoms with Gasteiger partial charge < -0.3 is 10.4 Å². The van der Waals surface area contributed by atoms with Gasteiger partial charge in [0.25, 0.3) is 5.91 Å². The largest absolute Gasteiger partial charge is 0.478 e. The van der Waals surface area contributed by atoms with Crippen LogP contribution in [0.1, 0.15) is 26.4 Å². The fourth-order valence-corrected chi connectivity index (χ4v) is 2.05. The Morgan fingerprint density at radius 3 is 2.78 bits per heavy atom. The highest BCUT2D eigenvalue weighted by atomic mass is 32.1. The van der Waals surface area contributed by atoms with Crippen LogP contribution in [0.3, 0.4) is 0 Å². The molecule has 5 nitrogen and oxygen atoms in total. The first-order chi connectivity index (χ1) is 8.59. The van der Waals surface area contributed by atoms with E-state index < -0.39 is 11.9 Å². The number of carboxylic acid groups (broad SMARTS) is 1. The maximum absolute atomic E-state index is 11.8. The van der Waals surface area contributed by atoms with E-state index in [0.717, 1.165) is 0 Å². The zero-order valence-corrected chi connectivity index (χ0v) is 10.3. The van der Waals surface area contributed by atoms with Crippen molar-refractivity contribution in [3.63, 3.8) is 0 Å². The zero-order valence-electron chi connectivity index (χ0n) is 9.51. The maximum Gasteiger partial charge on any atom is 0.337 e. The summed E-state index contributed by atoms with van der Waals surface area (Å²) in [6, 6.07) is 4.83. The van der Waals surface area contributed by atoms with E-state index >= 15 is 0 Å². The van der Waals surface area contributed by atoms with Crippen molar-refractivity contribution < 1.29 is 14.7 Å². The fraction of sp³-hybridized carbons (Fsp3) is 0.0833. The summed E-state index contributed by atoms with van der Waals surface area (Å²) in [4.78, 5) is 26.8. The summed E-state index contributed by atoms with van der Waals surface area (Å²) < 4.78 is 0. The molecule has 0 fully saturated rings. The standard InChI is InChI=1S/C12H10N2O3S/c1-7-3-2-4-8(12(16)17)10(7)14-11(15)9-5-18-6-13-9/h2-6H,1H3,(H,14,15)(H,16,17). The highest BCUT2D eigenvalue weighted by molar-refractivity contribution is 7.07. The average molecular weight is 262 g/mol. The minimum Gasteiger partial charge on any atom is -0.478 e. The molecule has 0 bridgehead atoms. The van der Waals surface area contributed by atoms with Gasteiger partial charge in [-0.1, -0.05) is 12.1 Å². The molecule has 0 radical (unpaired) electrons. The zero-order chi connectivity index (χ0) is 13.1. The van der Waals surface area contributed by atoms with Crippen LogP contribution in [0, 0.1) is 6.92 Å². The van der Waals surface area contributed by atoms with Crippen LogP contribution in [0.4, 0.5) is 5.69 Å². The fourth-order valence-electron chi connectivity index (χ4n) is 1.51. The van der Waals surface area contributed by atoms with Crippen LogP contribution in [-0.2, 0) is 0 Å². The van der Waals surface area contributed by atoms with E-state index in [1.807, 2.05) is 0 Å². The predicted molar refractivity (Wildman–Crippen MR) is 68.2 cm³/mol. The van der Waals surface area contributed by atoms with E-state index in [4.69, 9.17) is 5.11 Å². The highest BCUT2D eigenvalue weighted by Crippen LogP contribution is 2.21. The van der Waals surface area contributed by atoms with Gasteiger partial charge in [-0.3, -0.25) is 4.79 Å². The van der Waals surface area contributed by atoms with Gasteiger partial charge in [-0.05, 0) is 18.6 Å². The molecule has 0 saturated heterocycles. The average Bonchev–Trinajstić information content (AvgIpc) is 2.85. The number of anilines is 1. The number of carbonyl (C=O) groups is 2. The monoisotopic (exact) mass is 262 g/mol. The van der Waals surface area contributed by atoms with Crippen LogP contribution in [0.15, 0.2) is 29.1 Å². The van der Waals surface area contributed by atoms with Crippen molar-refractivity contribution in [3.05, 3.63) is 45.9 Å². The van der Waals surface area contributed by atoms with Crippen molar-refractivity contribution >= 4 is 28.9 Å². The molecule has 0 aliphatic heterocycles. The van der Waals surface area contributed by atoms with Crippen LogP contribution < -0.4 is 5.32 Å². The van der Waals surface area contributed by atoms with Gasteiger partial charge in [0.05, 0.1) is 16.8 Å². The second-order valence-corrected chi connectivity index (χ2v) is 4.35. The molecule has 1 aromatic carbocycles. The quantitative estimate of drug-likeness (QED) is 0.890. The number of aromatic carboxylic acids is 1. The molecule has 1 aromatic heterocycles. The van der Waals surface area contributed by atoms with Gasteiger partial charge in [-0.25, -0.2) is 9.78 Å². The number of para-hydroxylation sites is 1. The van der Waals surface area contributed by atoms with Crippen LogP contribution in [0.5, 0.6) is 0 Å². The number of benzene rings is 1. The third-order valence-corrected chi connectivity index (χ3v) is 2.99. The van der Waals surface area contributed by atoms with E-state index in [1.54, 1.807) is 29.9 Å². The first-order valence-electron chi connectivity index (χ1n) is 5.12. The molecule has 18 heavy (non-hydrogen) atoms. The Hall–Kier alpha value is -2.21. The Bertz CT molecular complexity index is 593. The van der Waals surface area contributed by atoms with Crippen molar-refractivity contribution in [2.24, 2.45) is 0 Å². The van der Waals surface area contributed by atoms with E-state index in [2.05, 4.69) is 10.3 Å². The summed E-state index contributed by atoms with van der Waals surface area (Å²) in [5.74, 6) is -1.49. The van der Waals surface area contributed by atoms with Crippen molar-refractivity contribution in [3.8, 4) is 0 Å². The summed E-state index contributed by atoms with van der Waals surface area (Å²) in [6.07, 6.45) is 0. The molecule has 0 saturated carbocycles. The third-order valence-electron chi connectivity index (χ3n) is 2.41. The van der Waals surface area contributed by atoms with Crippen LogP contribution >= 0.6 is 11.3 Å². The minimum atomic E-state index is -1.08. The Morgan fingerprint density at radius 1 is 1.39 bits per heavy atom. The summed E-state index contributed by atoms with van der Waals surface area (Å²) in [5.41, 5.74) is 2.89. The van der Waals surface area contributed by atoms with E-state index in [1.165, 1.54) is 17.4 Å². The van der Waals surface area contributed by atoms with E-state index in [9.17, 15) is 9.59 Å². The number of amides is 1. The Balaban J connectivity index is 2.34. The van der Waals surface area contributed by atoms with Crippen molar-refractivity contribution in [1.82, 2.24) is 4.98 Å². The van der Waals surface area contributed by atoms with E-state index in [0.29, 0.717) is 11.3 Å². The maximum atomic E-state index is 11.8. The number of thiazole rings is 1. The topological polar surface area (TPSA) is 79.3 Å². The lowest BCUT2D eigenvalue weighted by atomic mass is 10.1. The van der Waals surface area contributed by atoms with Gasteiger partial charge in [0.2, 0.25) is 0 Å². The van der Waals surface area contributed by atoms with Crippen molar-refractivity contribution in [1.29, 1.82) is 0 Å². The normalized spacial score (nSPS) is 10.1. The highest BCUT2D eigenvalue weighted by Gasteiger charge is 2.16. The lowest BCUT2D eigenvalue weighted by Crippen LogP contribution is -2.16. The first-order valence-corrected chi connectivity index (χ1v) is 6.06.